The van der Waals surface area contributed by atoms with Gasteiger partial charge in [0.2, 0.25) is 0 Å². The van der Waals surface area contributed by atoms with E-state index in [-0.39, 0.29) is 11.9 Å². The fourth-order valence-corrected chi connectivity index (χ4v) is 2.73. The van der Waals surface area contributed by atoms with E-state index in [9.17, 15) is 4.79 Å². The third kappa shape index (κ3) is 2.71. The topological polar surface area (TPSA) is 46.9 Å². The van der Waals surface area contributed by atoms with E-state index in [1.807, 2.05) is 36.9 Å². The normalized spacial score (nSPS) is 15.8. The Labute approximate surface area is 125 Å². The number of pyridine rings is 1. The fraction of sp³-hybridized carbons (Fsp3) is 0.412. The molecule has 4 heteroatoms. The summed E-state index contributed by atoms with van der Waals surface area (Å²) in [4.78, 5) is 17.0. The molecule has 1 amide bonds. The largest absolute Gasteiger partial charge is 0.354 e. The van der Waals surface area contributed by atoms with Gasteiger partial charge in [-0.2, -0.15) is 0 Å². The predicted molar refractivity (Wildman–Crippen MR) is 82.1 cm³/mol. The lowest BCUT2D eigenvalue weighted by atomic mass is 10.0. The minimum absolute atomic E-state index is 0.00458. The lowest BCUT2D eigenvalue weighted by molar-refractivity contribution is 0.0930. The van der Waals surface area contributed by atoms with Crippen molar-refractivity contribution < 1.29 is 4.79 Å². The Morgan fingerprint density at radius 1 is 1.38 bits per heavy atom. The molecule has 21 heavy (non-hydrogen) atoms. The van der Waals surface area contributed by atoms with Gasteiger partial charge in [-0.15, -0.1) is 0 Å². The molecule has 1 aliphatic rings. The number of carbonyl (C=O) groups excluding carboxylic acids is 1. The van der Waals surface area contributed by atoms with Crippen LogP contribution in [0.25, 0.3) is 0 Å². The molecular formula is C17H21N3O. The second kappa shape index (κ2) is 5.35. The molecule has 0 radical (unpaired) electrons. The van der Waals surface area contributed by atoms with E-state index in [1.165, 1.54) is 0 Å². The summed E-state index contributed by atoms with van der Waals surface area (Å²) in [6.45, 7) is 4.02. The SMILES string of the molecule is Cc1cccnc1C(NC(=O)c1ccn(C)c1C)C1CC1. The summed E-state index contributed by atoms with van der Waals surface area (Å²) in [6, 6.07) is 5.89. The Kier molecular flexibility index (Phi) is 3.53. The van der Waals surface area contributed by atoms with Crippen molar-refractivity contribution in [2.45, 2.75) is 32.7 Å². The first-order chi connectivity index (χ1) is 10.1. The molecule has 1 unspecified atom stereocenters. The molecule has 2 aromatic rings. The number of aromatic nitrogens is 2. The number of nitrogens with zero attached hydrogens (tertiary/aromatic N) is 2. The minimum Gasteiger partial charge on any atom is -0.354 e. The second-order valence-electron chi connectivity index (χ2n) is 5.92. The van der Waals surface area contributed by atoms with Gasteiger partial charge < -0.3 is 9.88 Å². The van der Waals surface area contributed by atoms with Crippen LogP contribution in [0.4, 0.5) is 0 Å². The van der Waals surface area contributed by atoms with E-state index < -0.39 is 0 Å². The molecule has 0 spiro atoms. The van der Waals surface area contributed by atoms with Crippen LogP contribution in [0, 0.1) is 19.8 Å². The molecule has 0 bridgehead atoms. The molecule has 3 rings (SSSR count). The molecule has 2 heterocycles. The van der Waals surface area contributed by atoms with Crippen molar-refractivity contribution in [3.63, 3.8) is 0 Å². The van der Waals surface area contributed by atoms with Crippen LogP contribution in [0.5, 0.6) is 0 Å². The van der Waals surface area contributed by atoms with Gasteiger partial charge in [-0.1, -0.05) is 6.07 Å². The van der Waals surface area contributed by atoms with E-state index in [0.29, 0.717) is 5.92 Å². The maximum atomic E-state index is 12.6. The summed E-state index contributed by atoms with van der Waals surface area (Å²) in [5.74, 6) is 0.515. The van der Waals surface area contributed by atoms with E-state index in [0.717, 1.165) is 35.4 Å². The highest BCUT2D eigenvalue weighted by Gasteiger charge is 2.35. The molecule has 2 aromatic heterocycles. The molecular weight excluding hydrogens is 262 g/mol. The third-order valence-corrected chi connectivity index (χ3v) is 4.35. The van der Waals surface area contributed by atoms with Gasteiger partial charge in [-0.05, 0) is 50.3 Å². The smallest absolute Gasteiger partial charge is 0.253 e. The van der Waals surface area contributed by atoms with Gasteiger partial charge in [0.25, 0.3) is 5.91 Å². The number of carbonyl (C=O) groups is 1. The zero-order valence-electron chi connectivity index (χ0n) is 12.8. The summed E-state index contributed by atoms with van der Waals surface area (Å²) in [5, 5.41) is 3.19. The molecule has 1 N–H and O–H groups in total. The quantitative estimate of drug-likeness (QED) is 0.938. The molecule has 0 aliphatic heterocycles. The van der Waals surface area contributed by atoms with Crippen LogP contribution in [-0.2, 0) is 7.05 Å². The summed E-state index contributed by atoms with van der Waals surface area (Å²) >= 11 is 0. The summed E-state index contributed by atoms with van der Waals surface area (Å²) < 4.78 is 1.97. The Balaban J connectivity index is 1.85. The monoisotopic (exact) mass is 283 g/mol. The van der Waals surface area contributed by atoms with Crippen molar-refractivity contribution in [1.29, 1.82) is 0 Å². The Hall–Kier alpha value is -2.10. The van der Waals surface area contributed by atoms with E-state index in [2.05, 4.69) is 23.3 Å². The zero-order chi connectivity index (χ0) is 15.0. The van der Waals surface area contributed by atoms with Crippen LogP contribution in [0.15, 0.2) is 30.6 Å². The molecule has 0 aromatic carbocycles. The van der Waals surface area contributed by atoms with Gasteiger partial charge in [0.1, 0.15) is 0 Å². The summed E-state index contributed by atoms with van der Waals surface area (Å²) in [6.07, 6.45) is 6.05. The van der Waals surface area contributed by atoms with Crippen molar-refractivity contribution in [3.8, 4) is 0 Å². The van der Waals surface area contributed by atoms with Crippen molar-refractivity contribution in [2.24, 2.45) is 13.0 Å². The lowest BCUT2D eigenvalue weighted by Gasteiger charge is -2.19. The van der Waals surface area contributed by atoms with Crippen molar-refractivity contribution >= 4 is 5.91 Å². The highest BCUT2D eigenvalue weighted by molar-refractivity contribution is 5.95. The first-order valence-electron chi connectivity index (χ1n) is 7.42. The second-order valence-corrected chi connectivity index (χ2v) is 5.92. The van der Waals surface area contributed by atoms with Crippen LogP contribution >= 0.6 is 0 Å². The number of rotatable bonds is 4. The summed E-state index contributed by atoms with van der Waals surface area (Å²) in [7, 11) is 1.95. The van der Waals surface area contributed by atoms with Crippen LogP contribution in [0.1, 0.15) is 46.2 Å². The lowest BCUT2D eigenvalue weighted by Crippen LogP contribution is -2.31. The molecule has 1 atom stereocenters. The molecule has 110 valence electrons. The van der Waals surface area contributed by atoms with Gasteiger partial charge in [0.05, 0.1) is 17.3 Å². The van der Waals surface area contributed by atoms with E-state index in [4.69, 9.17) is 0 Å². The van der Waals surface area contributed by atoms with Crippen LogP contribution in [0.2, 0.25) is 0 Å². The molecule has 1 saturated carbocycles. The minimum atomic E-state index is -0.00458. The molecule has 1 fully saturated rings. The number of hydrogen-bond acceptors (Lipinski definition) is 2. The van der Waals surface area contributed by atoms with Crippen LogP contribution in [-0.4, -0.2) is 15.5 Å². The number of nitrogens with one attached hydrogen (secondary N) is 1. The first-order valence-corrected chi connectivity index (χ1v) is 7.42. The van der Waals surface area contributed by atoms with Gasteiger partial charge in [0, 0.05) is 25.1 Å². The number of hydrogen-bond donors (Lipinski definition) is 1. The Morgan fingerprint density at radius 3 is 2.71 bits per heavy atom. The fourth-order valence-electron chi connectivity index (χ4n) is 2.73. The van der Waals surface area contributed by atoms with Crippen LogP contribution in [0.3, 0.4) is 0 Å². The average Bonchev–Trinajstić information content (AvgIpc) is 3.25. The van der Waals surface area contributed by atoms with Gasteiger partial charge in [-0.3, -0.25) is 9.78 Å². The van der Waals surface area contributed by atoms with Crippen molar-refractivity contribution in [1.82, 2.24) is 14.9 Å². The molecule has 0 saturated heterocycles. The standard InChI is InChI=1S/C17H21N3O/c1-11-5-4-9-18-15(11)16(13-6-7-13)19-17(21)14-8-10-20(3)12(14)2/h4-5,8-10,13,16H,6-7H2,1-3H3,(H,19,21). The number of amides is 1. The number of aryl methyl sites for hydroxylation is 2. The Morgan fingerprint density at radius 2 is 2.14 bits per heavy atom. The highest BCUT2D eigenvalue weighted by Crippen LogP contribution is 2.41. The van der Waals surface area contributed by atoms with Gasteiger partial charge in [0.15, 0.2) is 0 Å². The first kappa shape index (κ1) is 13.9. The van der Waals surface area contributed by atoms with E-state index >= 15 is 0 Å². The van der Waals surface area contributed by atoms with E-state index in [1.54, 1.807) is 6.20 Å². The van der Waals surface area contributed by atoms with Gasteiger partial charge >= 0.3 is 0 Å². The van der Waals surface area contributed by atoms with Crippen LogP contribution < -0.4 is 5.32 Å². The third-order valence-electron chi connectivity index (χ3n) is 4.35. The van der Waals surface area contributed by atoms with Crippen molar-refractivity contribution in [2.75, 3.05) is 0 Å². The Bertz CT molecular complexity index is 670. The maximum absolute atomic E-state index is 12.6. The molecule has 4 nitrogen and oxygen atoms in total. The predicted octanol–water partition coefficient (Wildman–Crippen LogP) is 2.92. The molecule has 1 aliphatic carbocycles. The van der Waals surface area contributed by atoms with Crippen molar-refractivity contribution in [3.05, 3.63) is 53.1 Å². The zero-order valence-corrected chi connectivity index (χ0v) is 12.8. The average molecular weight is 283 g/mol. The maximum Gasteiger partial charge on any atom is 0.253 e. The highest BCUT2D eigenvalue weighted by atomic mass is 16.1. The van der Waals surface area contributed by atoms with Gasteiger partial charge in [-0.25, -0.2) is 0 Å². The summed E-state index contributed by atoms with van der Waals surface area (Å²) in [5.41, 5.74) is 3.87.